The highest BCUT2D eigenvalue weighted by Crippen LogP contribution is 2.11. The van der Waals surface area contributed by atoms with E-state index in [1.54, 1.807) is 6.07 Å². The van der Waals surface area contributed by atoms with Crippen molar-refractivity contribution in [2.45, 2.75) is 26.7 Å². The SMILES string of the molecule is CCCCNc1nc(C)cc(C(=O)N2CCN(C/C=C/c3ccccc3)CC2)n1. The first kappa shape index (κ1) is 21.0. The second-order valence-electron chi connectivity index (χ2n) is 7.40. The van der Waals surface area contributed by atoms with E-state index in [0.717, 1.165) is 57.8 Å². The highest BCUT2D eigenvalue weighted by molar-refractivity contribution is 5.92. The second kappa shape index (κ2) is 10.7. The van der Waals surface area contributed by atoms with Crippen LogP contribution in [0.5, 0.6) is 0 Å². The van der Waals surface area contributed by atoms with Gasteiger partial charge in [-0.3, -0.25) is 9.69 Å². The van der Waals surface area contributed by atoms with Crippen LogP contribution in [0.2, 0.25) is 0 Å². The molecular formula is C23H31N5O. The van der Waals surface area contributed by atoms with Crippen LogP contribution in [-0.2, 0) is 0 Å². The Balaban J connectivity index is 1.51. The fraction of sp³-hybridized carbons (Fsp3) is 0.435. The Kier molecular flexibility index (Phi) is 7.76. The van der Waals surface area contributed by atoms with E-state index in [9.17, 15) is 4.79 Å². The summed E-state index contributed by atoms with van der Waals surface area (Å²) in [6, 6.07) is 12.1. The van der Waals surface area contributed by atoms with Crippen LogP contribution >= 0.6 is 0 Å². The number of aryl methyl sites for hydroxylation is 1. The number of amides is 1. The quantitative estimate of drug-likeness (QED) is 0.696. The van der Waals surface area contributed by atoms with Gasteiger partial charge in [0.25, 0.3) is 5.91 Å². The van der Waals surface area contributed by atoms with Crippen molar-refractivity contribution in [3.05, 3.63) is 59.4 Å². The highest BCUT2D eigenvalue weighted by atomic mass is 16.2. The number of benzene rings is 1. The van der Waals surface area contributed by atoms with Crippen molar-refractivity contribution in [2.75, 3.05) is 44.6 Å². The number of carbonyl (C=O) groups excluding carboxylic acids is 1. The summed E-state index contributed by atoms with van der Waals surface area (Å²) in [5, 5.41) is 3.22. The van der Waals surface area contributed by atoms with Crippen molar-refractivity contribution < 1.29 is 4.79 Å². The van der Waals surface area contributed by atoms with E-state index in [2.05, 4.69) is 51.4 Å². The molecule has 1 aliphatic heterocycles. The molecule has 0 aliphatic carbocycles. The second-order valence-corrected chi connectivity index (χ2v) is 7.40. The summed E-state index contributed by atoms with van der Waals surface area (Å²) in [5.41, 5.74) is 2.50. The van der Waals surface area contributed by atoms with E-state index in [4.69, 9.17) is 0 Å². The number of hydrogen-bond acceptors (Lipinski definition) is 5. The number of hydrogen-bond donors (Lipinski definition) is 1. The molecule has 1 aromatic heterocycles. The number of nitrogens with zero attached hydrogens (tertiary/aromatic N) is 4. The molecule has 0 radical (unpaired) electrons. The molecule has 0 saturated carbocycles. The smallest absolute Gasteiger partial charge is 0.272 e. The Morgan fingerprint density at radius 1 is 1.14 bits per heavy atom. The average molecular weight is 394 g/mol. The van der Waals surface area contributed by atoms with Crippen molar-refractivity contribution in [1.82, 2.24) is 19.8 Å². The Morgan fingerprint density at radius 3 is 2.62 bits per heavy atom. The van der Waals surface area contributed by atoms with Gasteiger partial charge in [0.05, 0.1) is 0 Å². The monoisotopic (exact) mass is 393 g/mol. The zero-order chi connectivity index (χ0) is 20.5. The lowest BCUT2D eigenvalue weighted by Gasteiger charge is -2.34. The van der Waals surface area contributed by atoms with E-state index in [1.807, 2.05) is 30.0 Å². The molecule has 0 bridgehead atoms. The topological polar surface area (TPSA) is 61.4 Å². The van der Waals surface area contributed by atoms with E-state index >= 15 is 0 Å². The third-order valence-electron chi connectivity index (χ3n) is 5.02. The van der Waals surface area contributed by atoms with Gasteiger partial charge in [-0.25, -0.2) is 9.97 Å². The lowest BCUT2D eigenvalue weighted by Crippen LogP contribution is -2.48. The van der Waals surface area contributed by atoms with E-state index in [-0.39, 0.29) is 5.91 Å². The summed E-state index contributed by atoms with van der Waals surface area (Å²) in [5.74, 6) is 0.542. The molecule has 1 saturated heterocycles. The molecule has 2 aromatic rings. The van der Waals surface area contributed by atoms with Gasteiger partial charge in [0.2, 0.25) is 5.95 Å². The van der Waals surface area contributed by atoms with Crippen LogP contribution in [0.15, 0.2) is 42.5 Å². The predicted molar refractivity (Wildman–Crippen MR) is 118 cm³/mol. The molecule has 6 nitrogen and oxygen atoms in total. The van der Waals surface area contributed by atoms with Gasteiger partial charge in [-0.15, -0.1) is 0 Å². The van der Waals surface area contributed by atoms with Gasteiger partial charge in [0, 0.05) is 45.0 Å². The van der Waals surface area contributed by atoms with Crippen LogP contribution in [0.3, 0.4) is 0 Å². The number of anilines is 1. The van der Waals surface area contributed by atoms with Crippen molar-refractivity contribution >= 4 is 17.9 Å². The average Bonchev–Trinajstić information content (AvgIpc) is 2.74. The number of nitrogens with one attached hydrogen (secondary N) is 1. The fourth-order valence-corrected chi connectivity index (χ4v) is 3.33. The molecule has 154 valence electrons. The summed E-state index contributed by atoms with van der Waals surface area (Å²) in [6.45, 7) is 8.95. The lowest BCUT2D eigenvalue weighted by atomic mass is 10.2. The molecule has 1 fully saturated rings. The van der Waals surface area contributed by atoms with Crippen molar-refractivity contribution in [1.29, 1.82) is 0 Å². The minimum atomic E-state index is -0.00600. The molecule has 0 spiro atoms. The maximum absolute atomic E-state index is 12.9. The molecule has 1 amide bonds. The van der Waals surface area contributed by atoms with Crippen molar-refractivity contribution in [3.63, 3.8) is 0 Å². The van der Waals surface area contributed by atoms with Gasteiger partial charge in [-0.1, -0.05) is 55.8 Å². The molecule has 0 atom stereocenters. The first-order chi connectivity index (χ1) is 14.2. The molecule has 1 N–H and O–H groups in total. The molecule has 1 aromatic carbocycles. The number of aromatic nitrogens is 2. The van der Waals surface area contributed by atoms with Crippen LogP contribution in [0.25, 0.3) is 6.08 Å². The zero-order valence-corrected chi connectivity index (χ0v) is 17.5. The van der Waals surface area contributed by atoms with Crippen LogP contribution in [0.1, 0.15) is 41.5 Å². The standard InChI is InChI=1S/C23H31N5O/c1-3-4-12-24-23-25-19(2)18-21(26-23)22(29)28-16-14-27(15-17-28)13-8-11-20-9-6-5-7-10-20/h5-11,18H,3-4,12-17H2,1-2H3,(H,24,25,26)/b11-8+. The maximum atomic E-state index is 12.9. The fourth-order valence-electron chi connectivity index (χ4n) is 3.33. The molecule has 1 aliphatic rings. The van der Waals surface area contributed by atoms with E-state index < -0.39 is 0 Å². The Hall–Kier alpha value is -2.73. The zero-order valence-electron chi connectivity index (χ0n) is 17.5. The van der Waals surface area contributed by atoms with Crippen molar-refractivity contribution in [2.24, 2.45) is 0 Å². The number of unbranched alkanes of at least 4 members (excludes halogenated alkanes) is 1. The Morgan fingerprint density at radius 2 is 1.90 bits per heavy atom. The summed E-state index contributed by atoms with van der Waals surface area (Å²) in [4.78, 5) is 26.0. The third-order valence-corrected chi connectivity index (χ3v) is 5.02. The molecular weight excluding hydrogens is 362 g/mol. The minimum absolute atomic E-state index is 0.00600. The minimum Gasteiger partial charge on any atom is -0.354 e. The normalized spacial score (nSPS) is 15.0. The lowest BCUT2D eigenvalue weighted by molar-refractivity contribution is 0.0644. The van der Waals surface area contributed by atoms with Crippen molar-refractivity contribution in [3.8, 4) is 0 Å². The molecule has 29 heavy (non-hydrogen) atoms. The van der Waals surface area contributed by atoms with Gasteiger partial charge < -0.3 is 10.2 Å². The van der Waals surface area contributed by atoms with E-state index in [1.165, 1.54) is 5.56 Å². The third kappa shape index (κ3) is 6.39. The van der Waals surface area contributed by atoms with Gasteiger partial charge in [-0.05, 0) is 25.0 Å². The van der Waals surface area contributed by atoms with Gasteiger partial charge in [0.1, 0.15) is 5.69 Å². The van der Waals surface area contributed by atoms with Crippen LogP contribution in [0.4, 0.5) is 5.95 Å². The summed E-state index contributed by atoms with van der Waals surface area (Å²) < 4.78 is 0. The van der Waals surface area contributed by atoms with Gasteiger partial charge in [0.15, 0.2) is 0 Å². The maximum Gasteiger partial charge on any atom is 0.272 e. The number of piperazine rings is 1. The molecule has 3 rings (SSSR count). The Bertz CT molecular complexity index is 813. The number of carbonyl (C=O) groups is 1. The largest absolute Gasteiger partial charge is 0.354 e. The summed E-state index contributed by atoms with van der Waals surface area (Å²) in [6.07, 6.45) is 6.50. The van der Waals surface area contributed by atoms with E-state index in [0.29, 0.717) is 11.6 Å². The predicted octanol–water partition coefficient (Wildman–Crippen LogP) is 3.47. The first-order valence-corrected chi connectivity index (χ1v) is 10.5. The molecule has 2 heterocycles. The van der Waals surface area contributed by atoms with Crippen LogP contribution < -0.4 is 5.32 Å². The first-order valence-electron chi connectivity index (χ1n) is 10.5. The van der Waals surface area contributed by atoms with Gasteiger partial charge in [-0.2, -0.15) is 0 Å². The van der Waals surface area contributed by atoms with Gasteiger partial charge >= 0.3 is 0 Å². The summed E-state index contributed by atoms with van der Waals surface area (Å²) in [7, 11) is 0. The molecule has 0 unspecified atom stereocenters. The highest BCUT2D eigenvalue weighted by Gasteiger charge is 2.23. The Labute approximate surface area is 173 Å². The number of rotatable bonds is 8. The van der Waals surface area contributed by atoms with Crippen LogP contribution in [0, 0.1) is 6.92 Å². The van der Waals surface area contributed by atoms with Crippen LogP contribution in [-0.4, -0.2) is 64.9 Å². The summed E-state index contributed by atoms with van der Waals surface area (Å²) >= 11 is 0. The molecule has 6 heteroatoms.